The lowest BCUT2D eigenvalue weighted by molar-refractivity contribution is -0.0156. The van der Waals surface area contributed by atoms with Crippen LogP contribution < -0.4 is 16.0 Å². The molecule has 0 aromatic carbocycles. The van der Waals surface area contributed by atoms with E-state index in [-0.39, 0.29) is 23.4 Å². The number of hydrogen-bond acceptors (Lipinski definition) is 7. The predicted octanol–water partition coefficient (Wildman–Crippen LogP) is -1.02. The van der Waals surface area contributed by atoms with Gasteiger partial charge in [0.15, 0.2) is 5.82 Å². The van der Waals surface area contributed by atoms with E-state index < -0.39 is 10.0 Å². The van der Waals surface area contributed by atoms with Crippen LogP contribution in [-0.2, 0) is 14.8 Å². The van der Waals surface area contributed by atoms with Crippen LogP contribution in [0.3, 0.4) is 0 Å². The molecule has 20 heavy (non-hydrogen) atoms. The third kappa shape index (κ3) is 3.64. The number of aromatic nitrogens is 1. The van der Waals surface area contributed by atoms with Gasteiger partial charge >= 0.3 is 0 Å². The molecule has 0 amide bonds. The number of anilines is 1. The quantitative estimate of drug-likeness (QED) is 0.471. The second-order valence-electron chi connectivity index (χ2n) is 4.60. The standard InChI is InChI=1S/C11H19N5O3S/c1-16-5-6-19-9(8-16)7-14-20(17,18)10-3-2-4-13-11(10)15-12/h2-4,9,14H,5-8,12H2,1H3,(H,13,15). The van der Waals surface area contributed by atoms with Crippen molar-refractivity contribution in [2.24, 2.45) is 5.84 Å². The summed E-state index contributed by atoms with van der Waals surface area (Å²) < 4.78 is 32.5. The van der Waals surface area contributed by atoms with Crippen molar-refractivity contribution < 1.29 is 13.2 Å². The minimum atomic E-state index is -3.67. The van der Waals surface area contributed by atoms with Gasteiger partial charge in [0.2, 0.25) is 10.0 Å². The van der Waals surface area contributed by atoms with E-state index in [1.54, 1.807) is 6.07 Å². The molecule has 1 aromatic heterocycles. The van der Waals surface area contributed by atoms with Crippen molar-refractivity contribution in [2.75, 3.05) is 38.7 Å². The summed E-state index contributed by atoms with van der Waals surface area (Å²) in [6.07, 6.45) is 1.31. The van der Waals surface area contributed by atoms with Gasteiger partial charge in [-0.1, -0.05) is 0 Å². The molecule has 1 atom stereocenters. The average molecular weight is 301 g/mol. The minimum Gasteiger partial charge on any atom is -0.374 e. The monoisotopic (exact) mass is 301 g/mol. The van der Waals surface area contributed by atoms with Crippen LogP contribution in [0.1, 0.15) is 0 Å². The second-order valence-corrected chi connectivity index (χ2v) is 6.34. The number of nitrogens with two attached hydrogens (primary N) is 1. The van der Waals surface area contributed by atoms with Crippen molar-refractivity contribution in [2.45, 2.75) is 11.0 Å². The fourth-order valence-corrected chi connectivity index (χ4v) is 3.17. The summed E-state index contributed by atoms with van der Waals surface area (Å²) in [6, 6.07) is 2.98. The summed E-state index contributed by atoms with van der Waals surface area (Å²) >= 11 is 0. The summed E-state index contributed by atoms with van der Waals surface area (Å²) in [4.78, 5) is 5.99. The van der Waals surface area contributed by atoms with Crippen molar-refractivity contribution in [3.8, 4) is 0 Å². The molecule has 2 rings (SSSR count). The van der Waals surface area contributed by atoms with E-state index in [9.17, 15) is 8.42 Å². The highest BCUT2D eigenvalue weighted by Crippen LogP contribution is 2.16. The lowest BCUT2D eigenvalue weighted by Crippen LogP contribution is -2.45. The molecule has 8 nitrogen and oxygen atoms in total. The number of nitrogens with zero attached hydrogens (tertiary/aromatic N) is 2. The van der Waals surface area contributed by atoms with Crippen molar-refractivity contribution >= 4 is 15.8 Å². The second kappa shape index (κ2) is 6.46. The van der Waals surface area contributed by atoms with E-state index in [0.717, 1.165) is 6.54 Å². The van der Waals surface area contributed by atoms with Crippen LogP contribution in [0.5, 0.6) is 0 Å². The highest BCUT2D eigenvalue weighted by atomic mass is 32.2. The zero-order chi connectivity index (χ0) is 14.6. The zero-order valence-corrected chi connectivity index (χ0v) is 12.1. The van der Waals surface area contributed by atoms with Gasteiger partial charge in [-0.05, 0) is 19.2 Å². The Kier molecular flexibility index (Phi) is 4.89. The molecule has 1 aliphatic heterocycles. The number of nitrogens with one attached hydrogen (secondary N) is 2. The molecule has 9 heteroatoms. The maximum Gasteiger partial charge on any atom is 0.244 e. The number of hydrazine groups is 1. The van der Waals surface area contributed by atoms with E-state index >= 15 is 0 Å². The van der Waals surface area contributed by atoms with Crippen LogP contribution in [0.4, 0.5) is 5.82 Å². The fourth-order valence-electron chi connectivity index (χ4n) is 1.99. The largest absolute Gasteiger partial charge is 0.374 e. The first kappa shape index (κ1) is 15.1. The molecular weight excluding hydrogens is 282 g/mol. The van der Waals surface area contributed by atoms with Gasteiger partial charge in [-0.3, -0.25) is 0 Å². The summed E-state index contributed by atoms with van der Waals surface area (Å²) in [7, 11) is -1.70. The van der Waals surface area contributed by atoms with Gasteiger partial charge in [0.05, 0.1) is 12.7 Å². The molecule has 1 saturated heterocycles. The van der Waals surface area contributed by atoms with Gasteiger partial charge in [-0.15, -0.1) is 0 Å². The average Bonchev–Trinajstić information content (AvgIpc) is 2.45. The molecule has 1 unspecified atom stereocenters. The zero-order valence-electron chi connectivity index (χ0n) is 11.2. The number of hydrogen-bond donors (Lipinski definition) is 3. The summed E-state index contributed by atoms with van der Waals surface area (Å²) in [5.74, 6) is 5.38. The Morgan fingerprint density at radius 1 is 1.60 bits per heavy atom. The summed E-state index contributed by atoms with van der Waals surface area (Å²) in [5, 5.41) is 0. The molecular formula is C11H19N5O3S. The first-order valence-corrected chi connectivity index (χ1v) is 7.72. The van der Waals surface area contributed by atoms with E-state index in [1.165, 1.54) is 12.3 Å². The van der Waals surface area contributed by atoms with E-state index in [4.69, 9.17) is 10.6 Å². The molecule has 0 bridgehead atoms. The molecule has 0 radical (unpaired) electrons. The Labute approximate surface area is 118 Å². The highest BCUT2D eigenvalue weighted by molar-refractivity contribution is 7.89. The normalized spacial score (nSPS) is 20.8. The maximum absolute atomic E-state index is 12.2. The van der Waals surface area contributed by atoms with Crippen molar-refractivity contribution in [1.29, 1.82) is 0 Å². The van der Waals surface area contributed by atoms with Gasteiger partial charge in [0, 0.05) is 25.8 Å². The summed E-state index contributed by atoms with van der Waals surface area (Å²) in [6.45, 7) is 2.36. The van der Waals surface area contributed by atoms with E-state index in [0.29, 0.717) is 13.2 Å². The maximum atomic E-state index is 12.2. The number of nitrogen functional groups attached to an aromatic ring is 1. The lowest BCUT2D eigenvalue weighted by Gasteiger charge is -2.30. The molecule has 1 aromatic rings. The Balaban J connectivity index is 2.04. The molecule has 0 spiro atoms. The van der Waals surface area contributed by atoms with Crippen molar-refractivity contribution in [1.82, 2.24) is 14.6 Å². The first-order valence-electron chi connectivity index (χ1n) is 6.24. The molecule has 1 fully saturated rings. The number of rotatable bonds is 5. The smallest absolute Gasteiger partial charge is 0.244 e. The van der Waals surface area contributed by atoms with Crippen LogP contribution in [0.2, 0.25) is 0 Å². The molecule has 112 valence electrons. The molecule has 1 aliphatic rings. The van der Waals surface area contributed by atoms with Crippen LogP contribution in [-0.4, -0.2) is 57.7 Å². The lowest BCUT2D eigenvalue weighted by atomic mass is 10.3. The number of pyridine rings is 1. The van der Waals surface area contributed by atoms with Gasteiger partial charge in [-0.2, -0.15) is 0 Å². The van der Waals surface area contributed by atoms with Crippen LogP contribution >= 0.6 is 0 Å². The van der Waals surface area contributed by atoms with Crippen LogP contribution in [0, 0.1) is 0 Å². The van der Waals surface area contributed by atoms with Crippen LogP contribution in [0.15, 0.2) is 23.2 Å². The fraction of sp³-hybridized carbons (Fsp3) is 0.545. The predicted molar refractivity (Wildman–Crippen MR) is 74.5 cm³/mol. The molecule has 0 aliphatic carbocycles. The summed E-state index contributed by atoms with van der Waals surface area (Å²) in [5.41, 5.74) is 2.28. The van der Waals surface area contributed by atoms with Gasteiger partial charge in [0.25, 0.3) is 0 Å². The van der Waals surface area contributed by atoms with Crippen molar-refractivity contribution in [3.63, 3.8) is 0 Å². The number of morpholine rings is 1. The molecule has 2 heterocycles. The minimum absolute atomic E-state index is 0.0201. The molecule has 4 N–H and O–H groups in total. The first-order chi connectivity index (χ1) is 9.53. The number of likely N-dealkylation sites (N-methyl/N-ethyl adjacent to an activating group) is 1. The van der Waals surface area contributed by atoms with Gasteiger partial charge in [0.1, 0.15) is 4.90 Å². The third-order valence-corrected chi connectivity index (χ3v) is 4.49. The number of ether oxygens (including phenoxy) is 1. The van der Waals surface area contributed by atoms with E-state index in [2.05, 4.69) is 20.0 Å². The van der Waals surface area contributed by atoms with E-state index in [1.807, 2.05) is 7.05 Å². The van der Waals surface area contributed by atoms with Crippen LogP contribution in [0.25, 0.3) is 0 Å². The third-order valence-electron chi connectivity index (χ3n) is 3.04. The SMILES string of the molecule is CN1CCOC(CNS(=O)(=O)c2cccnc2NN)C1. The van der Waals surface area contributed by atoms with Gasteiger partial charge in [-0.25, -0.2) is 24.0 Å². The van der Waals surface area contributed by atoms with Gasteiger partial charge < -0.3 is 15.1 Å². The Bertz CT molecular complexity index is 551. The Hall–Kier alpha value is -1.26. The Morgan fingerprint density at radius 2 is 2.40 bits per heavy atom. The topological polar surface area (TPSA) is 110 Å². The highest BCUT2D eigenvalue weighted by Gasteiger charge is 2.23. The van der Waals surface area contributed by atoms with Crippen molar-refractivity contribution in [3.05, 3.63) is 18.3 Å². The number of sulfonamides is 1. The Morgan fingerprint density at radius 3 is 3.10 bits per heavy atom. The molecule has 0 saturated carbocycles.